The van der Waals surface area contributed by atoms with Crippen LogP contribution >= 0.6 is 15.9 Å². The van der Waals surface area contributed by atoms with Gasteiger partial charge in [-0.2, -0.15) is 0 Å². The zero-order chi connectivity index (χ0) is 10.9. The second kappa shape index (κ2) is 3.67. The molecule has 0 fully saturated rings. The molecule has 2 N–H and O–H groups in total. The fourth-order valence-corrected chi connectivity index (χ4v) is 2.17. The Labute approximate surface area is 90.4 Å². The third kappa shape index (κ3) is 2.10. The molecule has 0 aliphatic rings. The first-order valence-electron chi connectivity index (χ1n) is 4.06. The molecule has 0 saturated carbocycles. The van der Waals surface area contributed by atoms with Crippen LogP contribution in [0.2, 0.25) is 0 Å². The van der Waals surface area contributed by atoms with E-state index in [9.17, 15) is 10.1 Å². The first kappa shape index (κ1) is 11.1. The molecule has 0 aromatic heterocycles. The summed E-state index contributed by atoms with van der Waals surface area (Å²) >= 11 is 3.27. The molecule has 1 rings (SSSR count). The molecular formula is C9H11BrN2O2. The highest BCUT2D eigenvalue weighted by Crippen LogP contribution is 2.33. The standard InChI is InChI=1S/C9H11BrN2O2/c1-9(2,11)8-6(10)4-3-5-7(8)12(13)14/h3-5H,11H2,1-2H3. The lowest BCUT2D eigenvalue weighted by molar-refractivity contribution is -0.386. The van der Waals surface area contributed by atoms with Crippen molar-refractivity contribution in [1.29, 1.82) is 0 Å². The highest BCUT2D eigenvalue weighted by Gasteiger charge is 2.27. The van der Waals surface area contributed by atoms with Crippen LogP contribution < -0.4 is 5.73 Å². The lowest BCUT2D eigenvalue weighted by atomic mass is 9.94. The first-order chi connectivity index (χ1) is 6.34. The lowest BCUT2D eigenvalue weighted by Crippen LogP contribution is -2.30. The maximum absolute atomic E-state index is 10.7. The minimum Gasteiger partial charge on any atom is -0.322 e. The minimum absolute atomic E-state index is 0.0480. The fourth-order valence-electron chi connectivity index (χ4n) is 1.30. The summed E-state index contributed by atoms with van der Waals surface area (Å²) in [5.41, 5.74) is 5.69. The summed E-state index contributed by atoms with van der Waals surface area (Å²) in [6.07, 6.45) is 0. The van der Waals surface area contributed by atoms with E-state index >= 15 is 0 Å². The maximum atomic E-state index is 10.7. The summed E-state index contributed by atoms with van der Waals surface area (Å²) in [5.74, 6) is 0. The van der Waals surface area contributed by atoms with Crippen LogP contribution in [0.4, 0.5) is 5.69 Å². The minimum atomic E-state index is -0.734. The van der Waals surface area contributed by atoms with Gasteiger partial charge in [-0.15, -0.1) is 0 Å². The van der Waals surface area contributed by atoms with Crippen LogP contribution in [0.25, 0.3) is 0 Å². The Morgan fingerprint density at radius 3 is 2.43 bits per heavy atom. The van der Waals surface area contributed by atoms with Crippen molar-refractivity contribution in [2.75, 3.05) is 0 Å². The van der Waals surface area contributed by atoms with Crippen molar-refractivity contribution in [2.24, 2.45) is 5.73 Å². The van der Waals surface area contributed by atoms with Crippen molar-refractivity contribution in [3.8, 4) is 0 Å². The summed E-state index contributed by atoms with van der Waals surface area (Å²) in [6.45, 7) is 3.47. The summed E-state index contributed by atoms with van der Waals surface area (Å²) in [5, 5.41) is 10.7. The van der Waals surface area contributed by atoms with Crippen molar-refractivity contribution in [2.45, 2.75) is 19.4 Å². The second-order valence-electron chi connectivity index (χ2n) is 3.61. The molecule has 4 nitrogen and oxygen atoms in total. The predicted octanol–water partition coefficient (Wildman–Crippen LogP) is 2.55. The number of hydrogen-bond acceptors (Lipinski definition) is 3. The SMILES string of the molecule is CC(C)(N)c1c(Br)cccc1[N+](=O)[O-]. The van der Waals surface area contributed by atoms with Crippen LogP contribution in [0, 0.1) is 10.1 Å². The van der Waals surface area contributed by atoms with E-state index in [0.29, 0.717) is 10.0 Å². The topological polar surface area (TPSA) is 69.2 Å². The molecule has 0 unspecified atom stereocenters. The molecule has 0 radical (unpaired) electrons. The quantitative estimate of drug-likeness (QED) is 0.655. The zero-order valence-corrected chi connectivity index (χ0v) is 9.54. The van der Waals surface area contributed by atoms with Gasteiger partial charge in [0.05, 0.1) is 10.5 Å². The van der Waals surface area contributed by atoms with Gasteiger partial charge in [0.1, 0.15) is 0 Å². The largest absolute Gasteiger partial charge is 0.322 e. The van der Waals surface area contributed by atoms with Gasteiger partial charge in [-0.1, -0.05) is 22.0 Å². The van der Waals surface area contributed by atoms with E-state index < -0.39 is 10.5 Å². The normalized spacial score (nSPS) is 11.4. The van der Waals surface area contributed by atoms with E-state index in [1.165, 1.54) is 6.07 Å². The number of nitro benzene ring substituents is 1. The first-order valence-corrected chi connectivity index (χ1v) is 4.85. The number of benzene rings is 1. The highest BCUT2D eigenvalue weighted by atomic mass is 79.9. The summed E-state index contributed by atoms with van der Waals surface area (Å²) in [4.78, 5) is 10.3. The van der Waals surface area contributed by atoms with Crippen LogP contribution in [0.15, 0.2) is 22.7 Å². The molecule has 1 aromatic rings. The van der Waals surface area contributed by atoms with E-state index in [2.05, 4.69) is 15.9 Å². The number of halogens is 1. The Morgan fingerprint density at radius 1 is 1.50 bits per heavy atom. The average Bonchev–Trinajstić information content (AvgIpc) is 2.01. The van der Waals surface area contributed by atoms with Gasteiger partial charge >= 0.3 is 0 Å². The van der Waals surface area contributed by atoms with Gasteiger partial charge in [0.25, 0.3) is 5.69 Å². The smallest absolute Gasteiger partial charge is 0.275 e. The Balaban J connectivity index is 3.45. The molecule has 5 heteroatoms. The number of hydrogen-bond donors (Lipinski definition) is 1. The molecule has 1 aromatic carbocycles. The van der Waals surface area contributed by atoms with Gasteiger partial charge in [-0.05, 0) is 19.9 Å². The number of rotatable bonds is 2. The average molecular weight is 259 g/mol. The van der Waals surface area contributed by atoms with E-state index in [1.54, 1.807) is 26.0 Å². The second-order valence-corrected chi connectivity index (χ2v) is 4.47. The highest BCUT2D eigenvalue weighted by molar-refractivity contribution is 9.10. The molecule has 76 valence electrons. The summed E-state index contributed by atoms with van der Waals surface area (Å²) in [7, 11) is 0. The van der Waals surface area contributed by atoms with Crippen molar-refractivity contribution >= 4 is 21.6 Å². The molecular weight excluding hydrogens is 248 g/mol. The number of nitrogens with two attached hydrogens (primary N) is 1. The third-order valence-corrected chi connectivity index (χ3v) is 2.49. The Hall–Kier alpha value is -0.940. The van der Waals surface area contributed by atoms with Gasteiger partial charge in [-0.3, -0.25) is 10.1 Å². The van der Waals surface area contributed by atoms with Gasteiger partial charge in [0.2, 0.25) is 0 Å². The van der Waals surface area contributed by atoms with Crippen LogP contribution in [0.1, 0.15) is 19.4 Å². The van der Waals surface area contributed by atoms with Crippen LogP contribution in [0.3, 0.4) is 0 Å². The molecule has 0 bridgehead atoms. The zero-order valence-electron chi connectivity index (χ0n) is 7.95. The summed E-state index contributed by atoms with van der Waals surface area (Å²) < 4.78 is 0.666. The Kier molecular flexibility index (Phi) is 2.92. The van der Waals surface area contributed by atoms with Crippen molar-refractivity contribution in [1.82, 2.24) is 0 Å². The van der Waals surface area contributed by atoms with Crippen LogP contribution in [-0.2, 0) is 5.54 Å². The molecule has 0 heterocycles. The molecule has 14 heavy (non-hydrogen) atoms. The van der Waals surface area contributed by atoms with Gasteiger partial charge in [-0.25, -0.2) is 0 Å². The fraction of sp³-hybridized carbons (Fsp3) is 0.333. The molecule has 0 aliphatic carbocycles. The Morgan fingerprint density at radius 2 is 2.07 bits per heavy atom. The summed E-state index contributed by atoms with van der Waals surface area (Å²) in [6, 6.07) is 4.82. The monoisotopic (exact) mass is 258 g/mol. The lowest BCUT2D eigenvalue weighted by Gasteiger charge is -2.20. The molecule has 0 saturated heterocycles. The van der Waals surface area contributed by atoms with Gasteiger partial charge < -0.3 is 5.73 Å². The number of nitro groups is 1. The van der Waals surface area contributed by atoms with Gasteiger partial charge in [0.15, 0.2) is 0 Å². The van der Waals surface area contributed by atoms with E-state index in [1.807, 2.05) is 0 Å². The molecule has 0 amide bonds. The van der Waals surface area contributed by atoms with Crippen LogP contribution in [-0.4, -0.2) is 4.92 Å². The van der Waals surface area contributed by atoms with Crippen molar-refractivity contribution in [3.63, 3.8) is 0 Å². The van der Waals surface area contributed by atoms with Gasteiger partial charge in [0, 0.05) is 16.1 Å². The maximum Gasteiger partial charge on any atom is 0.275 e. The predicted molar refractivity (Wildman–Crippen MR) is 58.0 cm³/mol. The molecule has 0 spiro atoms. The molecule has 0 atom stereocenters. The van der Waals surface area contributed by atoms with E-state index in [-0.39, 0.29) is 5.69 Å². The number of nitrogens with zero attached hydrogens (tertiary/aromatic N) is 1. The third-order valence-electron chi connectivity index (χ3n) is 1.83. The van der Waals surface area contributed by atoms with Crippen molar-refractivity contribution in [3.05, 3.63) is 38.3 Å². The van der Waals surface area contributed by atoms with Crippen molar-refractivity contribution < 1.29 is 4.92 Å². The van der Waals surface area contributed by atoms with E-state index in [4.69, 9.17) is 5.73 Å². The van der Waals surface area contributed by atoms with E-state index in [0.717, 1.165) is 0 Å². The van der Waals surface area contributed by atoms with Crippen LogP contribution in [0.5, 0.6) is 0 Å². The Bertz CT molecular complexity index is 372. The molecule has 0 aliphatic heterocycles.